The van der Waals surface area contributed by atoms with Crippen LogP contribution in [0.3, 0.4) is 0 Å². The van der Waals surface area contributed by atoms with Gasteiger partial charge in [-0.05, 0) is 72.5 Å². The highest BCUT2D eigenvalue weighted by molar-refractivity contribution is 6.12. The van der Waals surface area contributed by atoms with Crippen molar-refractivity contribution in [1.82, 2.24) is 4.98 Å². The minimum Gasteiger partial charge on any atom is -0.455 e. The molecule has 5 rings (SSSR count). The fraction of sp³-hybridized carbons (Fsp3) is 0.222. The third kappa shape index (κ3) is 3.06. The summed E-state index contributed by atoms with van der Waals surface area (Å²) in [5.74, 6) is 0.361. The summed E-state index contributed by atoms with van der Waals surface area (Å²) < 4.78 is 20.3. The van der Waals surface area contributed by atoms with Gasteiger partial charge < -0.3 is 4.42 Å². The SMILES string of the molecule is Cc1cc(-c2nccc3cc(CC(C)C)ccc23)c2oc3cc(F)c(C)cc3c2c1. The third-order valence-electron chi connectivity index (χ3n) is 5.72. The predicted molar refractivity (Wildman–Crippen MR) is 122 cm³/mol. The van der Waals surface area contributed by atoms with Crippen molar-refractivity contribution in [2.45, 2.75) is 34.1 Å². The van der Waals surface area contributed by atoms with Crippen molar-refractivity contribution in [1.29, 1.82) is 0 Å². The summed E-state index contributed by atoms with van der Waals surface area (Å²) in [7, 11) is 0. The number of aryl methyl sites for hydroxylation is 2. The zero-order chi connectivity index (χ0) is 21.0. The van der Waals surface area contributed by atoms with E-state index < -0.39 is 0 Å². The van der Waals surface area contributed by atoms with E-state index in [1.165, 1.54) is 17.0 Å². The molecular formula is C27H24FNO. The Hall–Kier alpha value is -3.20. The lowest BCUT2D eigenvalue weighted by Crippen LogP contribution is -1.94. The van der Waals surface area contributed by atoms with Crippen LogP contribution in [0.1, 0.15) is 30.5 Å². The Bertz CT molecular complexity index is 1430. The minimum absolute atomic E-state index is 0.249. The lowest BCUT2D eigenvalue weighted by molar-refractivity contribution is 0.610. The fourth-order valence-corrected chi connectivity index (χ4v) is 4.37. The second-order valence-corrected chi connectivity index (χ2v) is 8.70. The molecule has 5 aromatic rings. The first-order chi connectivity index (χ1) is 14.4. The van der Waals surface area contributed by atoms with E-state index in [0.717, 1.165) is 45.0 Å². The van der Waals surface area contributed by atoms with Gasteiger partial charge in [-0.15, -0.1) is 0 Å². The fourth-order valence-electron chi connectivity index (χ4n) is 4.37. The Morgan fingerprint density at radius 1 is 0.933 bits per heavy atom. The Kier molecular flexibility index (Phi) is 4.35. The van der Waals surface area contributed by atoms with Crippen molar-refractivity contribution in [3.05, 3.63) is 77.2 Å². The number of aromatic nitrogens is 1. The van der Waals surface area contributed by atoms with Gasteiger partial charge in [-0.25, -0.2) is 4.39 Å². The summed E-state index contributed by atoms with van der Waals surface area (Å²) in [5, 5.41) is 4.21. The number of hydrogen-bond acceptors (Lipinski definition) is 2. The predicted octanol–water partition coefficient (Wildman–Crippen LogP) is 7.76. The quantitative estimate of drug-likeness (QED) is 0.311. The molecule has 0 saturated heterocycles. The second-order valence-electron chi connectivity index (χ2n) is 8.70. The molecule has 0 unspecified atom stereocenters. The topological polar surface area (TPSA) is 26.0 Å². The summed E-state index contributed by atoms with van der Waals surface area (Å²) in [6.07, 6.45) is 2.91. The monoisotopic (exact) mass is 397 g/mol. The Labute approximate surface area is 175 Å². The molecule has 2 heterocycles. The molecule has 0 amide bonds. The number of halogens is 1. The van der Waals surface area contributed by atoms with Gasteiger partial charge in [0.05, 0.1) is 5.69 Å². The maximum atomic E-state index is 14.1. The first-order valence-electron chi connectivity index (χ1n) is 10.4. The largest absolute Gasteiger partial charge is 0.455 e. The smallest absolute Gasteiger partial charge is 0.144 e. The molecule has 0 radical (unpaired) electrons. The van der Waals surface area contributed by atoms with Crippen LogP contribution in [-0.4, -0.2) is 4.98 Å². The van der Waals surface area contributed by atoms with Gasteiger partial charge in [-0.1, -0.05) is 32.0 Å². The standard InChI is InChI=1S/C27H24FNO/c1-15(2)9-18-5-6-20-19(13-18)7-8-29-26(20)23-11-16(3)10-22-21-12-17(4)24(28)14-25(21)30-27(22)23/h5-8,10-15H,9H2,1-4H3. The van der Waals surface area contributed by atoms with Crippen LogP contribution in [0.2, 0.25) is 0 Å². The lowest BCUT2D eigenvalue weighted by Gasteiger charge is -2.10. The molecule has 0 atom stereocenters. The summed E-state index contributed by atoms with van der Waals surface area (Å²) in [6.45, 7) is 8.32. The number of furan rings is 1. The molecule has 3 heteroatoms. The number of benzene rings is 3. The molecule has 2 nitrogen and oxygen atoms in total. The molecule has 0 bridgehead atoms. The van der Waals surface area contributed by atoms with Gasteiger partial charge in [-0.3, -0.25) is 4.98 Å². The Morgan fingerprint density at radius 2 is 1.77 bits per heavy atom. The number of fused-ring (bicyclic) bond motifs is 4. The van der Waals surface area contributed by atoms with Gasteiger partial charge in [0.1, 0.15) is 17.0 Å². The van der Waals surface area contributed by atoms with Crippen LogP contribution in [0, 0.1) is 25.6 Å². The Morgan fingerprint density at radius 3 is 2.57 bits per heavy atom. The van der Waals surface area contributed by atoms with E-state index in [4.69, 9.17) is 9.40 Å². The highest BCUT2D eigenvalue weighted by Gasteiger charge is 2.17. The lowest BCUT2D eigenvalue weighted by atomic mass is 9.96. The van der Waals surface area contributed by atoms with E-state index in [1.54, 1.807) is 6.92 Å². The van der Waals surface area contributed by atoms with Crippen LogP contribution < -0.4 is 0 Å². The summed E-state index contributed by atoms with van der Waals surface area (Å²) in [4.78, 5) is 4.73. The normalized spacial score (nSPS) is 11.9. The molecule has 0 aliphatic rings. The number of pyridine rings is 1. The van der Waals surface area contributed by atoms with Gasteiger partial charge in [0.25, 0.3) is 0 Å². The summed E-state index contributed by atoms with van der Waals surface area (Å²) in [6, 6.07) is 16.2. The summed E-state index contributed by atoms with van der Waals surface area (Å²) >= 11 is 0. The van der Waals surface area contributed by atoms with Crippen molar-refractivity contribution in [3.63, 3.8) is 0 Å². The van der Waals surface area contributed by atoms with E-state index in [0.29, 0.717) is 17.1 Å². The molecule has 150 valence electrons. The minimum atomic E-state index is -0.249. The Balaban J connectivity index is 1.79. The molecule has 0 aliphatic heterocycles. The first kappa shape index (κ1) is 18.8. The highest BCUT2D eigenvalue weighted by Crippen LogP contribution is 2.39. The van der Waals surface area contributed by atoms with E-state index in [2.05, 4.69) is 57.2 Å². The maximum absolute atomic E-state index is 14.1. The van der Waals surface area contributed by atoms with Crippen molar-refractivity contribution < 1.29 is 8.81 Å². The first-order valence-corrected chi connectivity index (χ1v) is 10.4. The number of nitrogens with zero attached hydrogens (tertiary/aromatic N) is 1. The molecule has 0 aliphatic carbocycles. The van der Waals surface area contributed by atoms with Crippen LogP contribution in [0.25, 0.3) is 44.0 Å². The van der Waals surface area contributed by atoms with Crippen LogP contribution in [-0.2, 0) is 6.42 Å². The highest BCUT2D eigenvalue weighted by atomic mass is 19.1. The van der Waals surface area contributed by atoms with Crippen LogP contribution in [0.15, 0.2) is 59.1 Å². The maximum Gasteiger partial charge on any atom is 0.144 e. The average molecular weight is 397 g/mol. The van der Waals surface area contributed by atoms with Gasteiger partial charge in [-0.2, -0.15) is 0 Å². The number of hydrogen-bond donors (Lipinski definition) is 0. The molecule has 0 N–H and O–H groups in total. The van der Waals surface area contributed by atoms with Gasteiger partial charge in [0.15, 0.2) is 0 Å². The summed E-state index contributed by atoms with van der Waals surface area (Å²) in [5.41, 5.74) is 6.24. The molecule has 2 aromatic heterocycles. The molecular weight excluding hydrogens is 373 g/mol. The zero-order valence-corrected chi connectivity index (χ0v) is 17.7. The van der Waals surface area contributed by atoms with Crippen LogP contribution in [0.4, 0.5) is 4.39 Å². The van der Waals surface area contributed by atoms with E-state index >= 15 is 0 Å². The number of rotatable bonds is 3. The van der Waals surface area contributed by atoms with Crippen molar-refractivity contribution in [2.75, 3.05) is 0 Å². The van der Waals surface area contributed by atoms with Crippen molar-refractivity contribution >= 4 is 32.7 Å². The van der Waals surface area contributed by atoms with Crippen LogP contribution >= 0.6 is 0 Å². The molecule has 30 heavy (non-hydrogen) atoms. The van der Waals surface area contributed by atoms with Crippen molar-refractivity contribution in [2.24, 2.45) is 5.92 Å². The van der Waals surface area contributed by atoms with Gasteiger partial charge in [0.2, 0.25) is 0 Å². The van der Waals surface area contributed by atoms with Gasteiger partial charge in [0, 0.05) is 34.0 Å². The third-order valence-corrected chi connectivity index (χ3v) is 5.72. The van der Waals surface area contributed by atoms with E-state index in [9.17, 15) is 4.39 Å². The molecule has 0 saturated carbocycles. The van der Waals surface area contributed by atoms with Crippen molar-refractivity contribution in [3.8, 4) is 11.3 Å². The average Bonchev–Trinajstić information content (AvgIpc) is 3.04. The zero-order valence-electron chi connectivity index (χ0n) is 17.7. The van der Waals surface area contributed by atoms with E-state index in [-0.39, 0.29) is 5.82 Å². The molecule has 0 fully saturated rings. The molecule has 3 aromatic carbocycles. The van der Waals surface area contributed by atoms with E-state index in [1.807, 2.05) is 12.3 Å². The second kappa shape index (κ2) is 6.94. The van der Waals surface area contributed by atoms with Crippen LogP contribution in [0.5, 0.6) is 0 Å². The van der Waals surface area contributed by atoms with Gasteiger partial charge >= 0.3 is 0 Å². The molecule has 0 spiro atoms.